The van der Waals surface area contributed by atoms with Gasteiger partial charge in [-0.2, -0.15) is 15.0 Å². The van der Waals surface area contributed by atoms with E-state index < -0.39 is 0 Å². The van der Waals surface area contributed by atoms with Crippen LogP contribution in [0, 0.1) is 0 Å². The predicted molar refractivity (Wildman–Crippen MR) is 98.7 cm³/mol. The number of hydrogen-bond acceptors (Lipinski definition) is 6. The summed E-state index contributed by atoms with van der Waals surface area (Å²) in [6, 6.07) is 19.9. The van der Waals surface area contributed by atoms with Gasteiger partial charge in [0.05, 0.1) is 5.52 Å². The van der Waals surface area contributed by atoms with Crippen molar-refractivity contribution >= 4 is 22.8 Å². The number of rotatable bonds is 4. The second kappa shape index (κ2) is 6.52. The summed E-state index contributed by atoms with van der Waals surface area (Å²) in [7, 11) is 0. The quantitative estimate of drug-likeness (QED) is 0.597. The van der Waals surface area contributed by atoms with Gasteiger partial charge in [0.15, 0.2) is 5.82 Å². The Morgan fingerprint density at radius 3 is 2.56 bits per heavy atom. The van der Waals surface area contributed by atoms with E-state index >= 15 is 0 Å². The van der Waals surface area contributed by atoms with Gasteiger partial charge in [0.1, 0.15) is 0 Å². The molecule has 0 bridgehead atoms. The number of nitrogens with zero attached hydrogens (tertiary/aromatic N) is 4. The molecular formula is C19H16N6. The summed E-state index contributed by atoms with van der Waals surface area (Å²) in [5.74, 6) is 1.12. The van der Waals surface area contributed by atoms with Crippen LogP contribution in [0.25, 0.3) is 22.3 Å². The fourth-order valence-electron chi connectivity index (χ4n) is 2.57. The van der Waals surface area contributed by atoms with Crippen molar-refractivity contribution in [2.24, 2.45) is 0 Å². The molecule has 6 nitrogen and oxygen atoms in total. The van der Waals surface area contributed by atoms with Crippen LogP contribution in [0.3, 0.4) is 0 Å². The van der Waals surface area contributed by atoms with Gasteiger partial charge in [-0.05, 0) is 17.7 Å². The third-order valence-corrected chi connectivity index (χ3v) is 3.79. The largest absolute Gasteiger partial charge is 0.368 e. The standard InChI is InChI=1S/C19H16N6/c20-18-23-17(15-10-14-8-4-5-9-16(14)21-12-15)24-19(25-18)22-11-13-6-2-1-3-7-13/h1-10,12H,11H2,(H3,20,22,23,24,25). The Kier molecular flexibility index (Phi) is 3.92. The molecule has 4 rings (SSSR count). The first-order valence-corrected chi connectivity index (χ1v) is 7.92. The summed E-state index contributed by atoms with van der Waals surface area (Å²) in [5.41, 5.74) is 8.72. The van der Waals surface area contributed by atoms with Gasteiger partial charge in [0.2, 0.25) is 11.9 Å². The number of aromatic nitrogens is 4. The van der Waals surface area contributed by atoms with Gasteiger partial charge >= 0.3 is 0 Å². The lowest BCUT2D eigenvalue weighted by Crippen LogP contribution is -2.08. The molecular weight excluding hydrogens is 312 g/mol. The van der Waals surface area contributed by atoms with Crippen LogP contribution in [0.4, 0.5) is 11.9 Å². The molecule has 2 aromatic carbocycles. The second-order valence-corrected chi connectivity index (χ2v) is 5.60. The molecule has 122 valence electrons. The summed E-state index contributed by atoms with van der Waals surface area (Å²) < 4.78 is 0. The Morgan fingerprint density at radius 2 is 1.68 bits per heavy atom. The summed E-state index contributed by atoms with van der Waals surface area (Å²) in [5, 5.41) is 4.21. The lowest BCUT2D eigenvalue weighted by molar-refractivity contribution is 1.02. The fraction of sp³-hybridized carbons (Fsp3) is 0.0526. The molecule has 0 saturated carbocycles. The smallest absolute Gasteiger partial charge is 0.228 e. The molecule has 2 heterocycles. The van der Waals surface area contributed by atoms with Crippen LogP contribution in [0.1, 0.15) is 5.56 Å². The molecule has 0 aliphatic rings. The van der Waals surface area contributed by atoms with Gasteiger partial charge in [-0.25, -0.2) is 0 Å². The van der Waals surface area contributed by atoms with Gasteiger partial charge in [0.25, 0.3) is 0 Å². The Morgan fingerprint density at radius 1 is 0.880 bits per heavy atom. The molecule has 0 unspecified atom stereocenters. The van der Waals surface area contributed by atoms with Crippen LogP contribution in [0.2, 0.25) is 0 Å². The molecule has 0 atom stereocenters. The molecule has 0 radical (unpaired) electrons. The number of nitrogens with two attached hydrogens (primary N) is 1. The fourth-order valence-corrected chi connectivity index (χ4v) is 2.57. The molecule has 0 saturated heterocycles. The number of pyridine rings is 1. The van der Waals surface area contributed by atoms with Crippen LogP contribution < -0.4 is 11.1 Å². The highest BCUT2D eigenvalue weighted by Gasteiger charge is 2.08. The van der Waals surface area contributed by atoms with Crippen molar-refractivity contribution in [3.8, 4) is 11.4 Å². The summed E-state index contributed by atoms with van der Waals surface area (Å²) in [6.07, 6.45) is 1.75. The molecule has 3 N–H and O–H groups in total. The SMILES string of the molecule is Nc1nc(NCc2ccccc2)nc(-c2cnc3ccccc3c2)n1. The Balaban J connectivity index is 1.64. The first kappa shape index (κ1) is 15.0. The zero-order chi connectivity index (χ0) is 17.1. The number of anilines is 2. The Hall–Kier alpha value is -3.54. The summed E-state index contributed by atoms with van der Waals surface area (Å²) in [4.78, 5) is 17.3. The monoisotopic (exact) mass is 328 g/mol. The van der Waals surface area contributed by atoms with Crippen LogP contribution >= 0.6 is 0 Å². The second-order valence-electron chi connectivity index (χ2n) is 5.60. The highest BCUT2D eigenvalue weighted by molar-refractivity contribution is 5.82. The number of hydrogen-bond donors (Lipinski definition) is 2. The minimum Gasteiger partial charge on any atom is -0.368 e. The maximum absolute atomic E-state index is 5.86. The third kappa shape index (κ3) is 3.37. The third-order valence-electron chi connectivity index (χ3n) is 3.79. The zero-order valence-corrected chi connectivity index (χ0v) is 13.4. The lowest BCUT2D eigenvalue weighted by Gasteiger charge is -2.08. The Labute approximate surface area is 144 Å². The summed E-state index contributed by atoms with van der Waals surface area (Å²) >= 11 is 0. The topological polar surface area (TPSA) is 89.6 Å². The first-order chi connectivity index (χ1) is 12.3. The number of nitrogen functional groups attached to an aromatic ring is 1. The Bertz CT molecular complexity index is 1020. The van der Waals surface area contributed by atoms with E-state index in [0.717, 1.165) is 22.0 Å². The molecule has 2 aromatic heterocycles. The predicted octanol–water partition coefficient (Wildman–Crippen LogP) is 3.28. The van der Waals surface area contributed by atoms with Crippen LogP contribution in [-0.4, -0.2) is 19.9 Å². The van der Waals surface area contributed by atoms with Gasteiger partial charge in [-0.3, -0.25) is 4.98 Å². The van der Waals surface area contributed by atoms with E-state index in [1.54, 1.807) is 6.20 Å². The van der Waals surface area contributed by atoms with Crippen LogP contribution in [0.15, 0.2) is 66.9 Å². The first-order valence-electron chi connectivity index (χ1n) is 7.92. The number of fused-ring (bicyclic) bond motifs is 1. The average molecular weight is 328 g/mol. The van der Waals surface area contributed by atoms with Crippen LogP contribution in [-0.2, 0) is 6.54 Å². The van der Waals surface area contributed by atoms with Gasteiger partial charge in [-0.1, -0.05) is 48.5 Å². The lowest BCUT2D eigenvalue weighted by atomic mass is 10.1. The van der Waals surface area contributed by atoms with E-state index in [1.165, 1.54) is 0 Å². The molecule has 6 heteroatoms. The van der Waals surface area contributed by atoms with E-state index in [1.807, 2.05) is 60.7 Å². The van der Waals surface area contributed by atoms with Crippen molar-refractivity contribution in [3.05, 3.63) is 72.4 Å². The van der Waals surface area contributed by atoms with Crippen molar-refractivity contribution in [2.45, 2.75) is 6.54 Å². The summed E-state index contributed by atoms with van der Waals surface area (Å²) in [6.45, 7) is 0.611. The maximum atomic E-state index is 5.86. The van der Waals surface area contributed by atoms with Gasteiger partial charge < -0.3 is 11.1 Å². The molecule has 25 heavy (non-hydrogen) atoms. The molecule has 0 aliphatic carbocycles. The number of para-hydroxylation sites is 1. The normalized spacial score (nSPS) is 10.7. The minimum atomic E-state index is 0.175. The van der Waals surface area contributed by atoms with E-state index in [4.69, 9.17) is 5.73 Å². The van der Waals surface area contributed by atoms with Crippen molar-refractivity contribution in [2.75, 3.05) is 11.1 Å². The average Bonchev–Trinajstić information content (AvgIpc) is 2.66. The van der Waals surface area contributed by atoms with E-state index in [-0.39, 0.29) is 5.95 Å². The van der Waals surface area contributed by atoms with Crippen LogP contribution in [0.5, 0.6) is 0 Å². The molecule has 4 aromatic rings. The molecule has 0 spiro atoms. The zero-order valence-electron chi connectivity index (χ0n) is 13.4. The minimum absolute atomic E-state index is 0.175. The molecule has 0 aliphatic heterocycles. The number of nitrogens with one attached hydrogen (secondary N) is 1. The molecule has 0 amide bonds. The van der Waals surface area contributed by atoms with Crippen molar-refractivity contribution in [1.82, 2.24) is 19.9 Å². The van der Waals surface area contributed by atoms with Gasteiger partial charge in [0, 0.05) is 23.7 Å². The van der Waals surface area contributed by atoms with E-state index in [2.05, 4.69) is 25.3 Å². The van der Waals surface area contributed by atoms with Crippen molar-refractivity contribution in [3.63, 3.8) is 0 Å². The maximum Gasteiger partial charge on any atom is 0.228 e. The molecule has 0 fully saturated rings. The van der Waals surface area contributed by atoms with E-state index in [9.17, 15) is 0 Å². The van der Waals surface area contributed by atoms with Gasteiger partial charge in [-0.15, -0.1) is 0 Å². The van der Waals surface area contributed by atoms with E-state index in [0.29, 0.717) is 18.3 Å². The number of benzene rings is 2. The highest BCUT2D eigenvalue weighted by atomic mass is 15.2. The highest BCUT2D eigenvalue weighted by Crippen LogP contribution is 2.21. The van der Waals surface area contributed by atoms with Crippen molar-refractivity contribution < 1.29 is 0 Å². The van der Waals surface area contributed by atoms with Crippen molar-refractivity contribution in [1.29, 1.82) is 0 Å².